The fraction of sp³-hybridized carbons (Fsp3) is 1.00. The van der Waals surface area contributed by atoms with Crippen LogP contribution >= 0.6 is 0 Å². The molecule has 10 heteroatoms. The quantitative estimate of drug-likeness (QED) is 0.694. The summed E-state index contributed by atoms with van der Waals surface area (Å²) in [4.78, 5) is 0. The number of halogens is 5. The lowest BCUT2D eigenvalue weighted by Gasteiger charge is -2.20. The molecule has 86 valence electrons. The Labute approximate surface area is 76.5 Å². The molecule has 0 saturated carbocycles. The van der Waals surface area contributed by atoms with Crippen molar-refractivity contribution in [1.29, 1.82) is 0 Å². The Bertz CT molecular complexity index is 295. The van der Waals surface area contributed by atoms with Gasteiger partial charge in [0, 0.05) is 14.1 Å². The highest BCUT2D eigenvalue weighted by molar-refractivity contribution is 7.84. The van der Waals surface area contributed by atoms with Gasteiger partial charge in [-0.25, -0.2) is 0 Å². The van der Waals surface area contributed by atoms with Crippen LogP contribution in [-0.2, 0) is 14.5 Å². The number of nitrogens with zero attached hydrogens (tertiary/aromatic N) is 1. The maximum Gasteiger partial charge on any atom is 0.484 e. The SMILES string of the molecule is CN(C)S(=O)(=O)OC(F)(F)C(F)(F)F. The molecule has 0 rings (SSSR count). The van der Waals surface area contributed by atoms with Crippen LogP contribution < -0.4 is 0 Å². The first-order chi connectivity index (χ1) is 5.90. The van der Waals surface area contributed by atoms with Crippen molar-refractivity contribution in [3.8, 4) is 0 Å². The van der Waals surface area contributed by atoms with Gasteiger partial charge in [-0.05, 0) is 0 Å². The van der Waals surface area contributed by atoms with E-state index in [0.29, 0.717) is 0 Å². The molecule has 0 saturated heterocycles. The standard InChI is InChI=1S/C4H6F5NO3S/c1-10(2)14(11,12)13-4(8,9)3(5,6)7/h1-2H3. The molecule has 0 heterocycles. The van der Waals surface area contributed by atoms with Crippen LogP contribution in [0.4, 0.5) is 22.0 Å². The van der Waals surface area contributed by atoms with Crippen molar-refractivity contribution >= 4 is 10.3 Å². The topological polar surface area (TPSA) is 46.6 Å². The molecule has 0 spiro atoms. The van der Waals surface area contributed by atoms with Crippen molar-refractivity contribution in [3.05, 3.63) is 0 Å². The molecular formula is C4H6F5NO3S. The zero-order chi connectivity index (χ0) is 11.8. The smallest absolute Gasteiger partial charge is 0.185 e. The molecule has 0 aliphatic rings. The van der Waals surface area contributed by atoms with Crippen molar-refractivity contribution in [1.82, 2.24) is 4.31 Å². The van der Waals surface area contributed by atoms with Gasteiger partial charge in [-0.3, -0.25) is 0 Å². The van der Waals surface area contributed by atoms with Crippen LogP contribution in [-0.4, -0.2) is 39.1 Å². The molecule has 0 aromatic heterocycles. The molecule has 0 atom stereocenters. The first-order valence-corrected chi connectivity index (χ1v) is 4.34. The molecule has 0 radical (unpaired) electrons. The summed E-state index contributed by atoms with van der Waals surface area (Å²) in [7, 11) is -3.57. The van der Waals surface area contributed by atoms with Gasteiger partial charge in [0.05, 0.1) is 0 Å². The van der Waals surface area contributed by atoms with Crippen molar-refractivity contribution in [3.63, 3.8) is 0 Å². The summed E-state index contributed by atoms with van der Waals surface area (Å²) in [6, 6.07) is 0. The highest BCUT2D eigenvalue weighted by Gasteiger charge is 2.62. The van der Waals surface area contributed by atoms with Crippen LogP contribution in [0.1, 0.15) is 0 Å². The van der Waals surface area contributed by atoms with Crippen LogP contribution in [0.3, 0.4) is 0 Å². The first kappa shape index (κ1) is 13.5. The third kappa shape index (κ3) is 3.03. The fourth-order valence-corrected chi connectivity index (χ4v) is 0.762. The Balaban J connectivity index is 4.87. The van der Waals surface area contributed by atoms with E-state index >= 15 is 0 Å². The summed E-state index contributed by atoms with van der Waals surface area (Å²) >= 11 is 0. The number of alkyl halides is 5. The summed E-state index contributed by atoms with van der Waals surface area (Å²) < 4.78 is 82.3. The monoisotopic (exact) mass is 243 g/mol. The third-order valence-corrected chi connectivity index (χ3v) is 2.30. The Morgan fingerprint density at radius 2 is 1.43 bits per heavy atom. The van der Waals surface area contributed by atoms with E-state index in [0.717, 1.165) is 14.1 Å². The molecular weight excluding hydrogens is 237 g/mol. The Morgan fingerprint density at radius 1 is 1.07 bits per heavy atom. The maximum atomic E-state index is 12.0. The minimum atomic E-state index is -6.07. The molecule has 0 N–H and O–H groups in total. The van der Waals surface area contributed by atoms with Gasteiger partial charge < -0.3 is 0 Å². The molecule has 14 heavy (non-hydrogen) atoms. The predicted octanol–water partition coefficient (Wildman–Crippen LogP) is 0.965. The average molecular weight is 243 g/mol. The molecule has 0 aliphatic heterocycles. The van der Waals surface area contributed by atoms with Gasteiger partial charge >= 0.3 is 22.6 Å². The summed E-state index contributed by atoms with van der Waals surface area (Å²) in [5, 5.41) is 0. The van der Waals surface area contributed by atoms with Gasteiger partial charge in [0.2, 0.25) is 0 Å². The lowest BCUT2D eigenvalue weighted by atomic mass is 10.6. The second-order valence-corrected chi connectivity index (χ2v) is 4.09. The zero-order valence-electron chi connectivity index (χ0n) is 6.97. The maximum absolute atomic E-state index is 12.0. The summed E-state index contributed by atoms with van der Waals surface area (Å²) in [5.41, 5.74) is 0. The predicted molar refractivity (Wildman–Crippen MR) is 34.7 cm³/mol. The van der Waals surface area contributed by atoms with E-state index in [2.05, 4.69) is 4.18 Å². The van der Waals surface area contributed by atoms with Crippen molar-refractivity contribution in [2.45, 2.75) is 12.3 Å². The molecule has 0 aliphatic carbocycles. The Morgan fingerprint density at radius 3 is 1.64 bits per heavy atom. The molecule has 0 fully saturated rings. The minimum Gasteiger partial charge on any atom is -0.185 e. The van der Waals surface area contributed by atoms with Crippen LogP contribution in [0.15, 0.2) is 0 Å². The van der Waals surface area contributed by atoms with Gasteiger partial charge in [-0.15, -0.1) is 0 Å². The highest BCUT2D eigenvalue weighted by atomic mass is 32.2. The lowest BCUT2D eigenvalue weighted by Crippen LogP contribution is -2.43. The number of hydrogen-bond acceptors (Lipinski definition) is 3. The van der Waals surface area contributed by atoms with E-state index in [9.17, 15) is 30.4 Å². The van der Waals surface area contributed by atoms with E-state index in [4.69, 9.17) is 0 Å². The second-order valence-electron chi connectivity index (χ2n) is 2.34. The van der Waals surface area contributed by atoms with Gasteiger partial charge in [-0.1, -0.05) is 0 Å². The molecule has 0 bridgehead atoms. The van der Waals surface area contributed by atoms with E-state index < -0.39 is 22.6 Å². The lowest BCUT2D eigenvalue weighted by molar-refractivity contribution is -0.360. The summed E-state index contributed by atoms with van der Waals surface area (Å²) in [6.45, 7) is 0. The fourth-order valence-electron chi connectivity index (χ4n) is 0.254. The molecule has 0 unspecified atom stereocenters. The first-order valence-electron chi connectivity index (χ1n) is 2.98. The molecule has 0 aromatic carbocycles. The van der Waals surface area contributed by atoms with Gasteiger partial charge in [0.25, 0.3) is 0 Å². The van der Waals surface area contributed by atoms with Crippen molar-refractivity contribution in [2.24, 2.45) is 0 Å². The zero-order valence-corrected chi connectivity index (χ0v) is 7.79. The van der Waals surface area contributed by atoms with E-state index in [1.54, 1.807) is 0 Å². The molecule has 0 amide bonds. The van der Waals surface area contributed by atoms with Gasteiger partial charge in [0.15, 0.2) is 0 Å². The Hall–Kier alpha value is -0.480. The Kier molecular flexibility index (Phi) is 3.46. The molecule has 4 nitrogen and oxygen atoms in total. The van der Waals surface area contributed by atoms with Gasteiger partial charge in [0.1, 0.15) is 0 Å². The van der Waals surface area contributed by atoms with E-state index in [1.165, 1.54) is 0 Å². The third-order valence-electron chi connectivity index (χ3n) is 0.987. The second kappa shape index (κ2) is 3.59. The minimum absolute atomic E-state index is 0.0899. The summed E-state index contributed by atoms with van der Waals surface area (Å²) in [5.74, 6) is 0. The van der Waals surface area contributed by atoms with Crippen LogP contribution in [0, 0.1) is 0 Å². The van der Waals surface area contributed by atoms with E-state index in [1.807, 2.05) is 0 Å². The highest BCUT2D eigenvalue weighted by Crippen LogP contribution is 2.37. The van der Waals surface area contributed by atoms with Crippen molar-refractivity contribution in [2.75, 3.05) is 14.1 Å². The molecule has 0 aromatic rings. The van der Waals surface area contributed by atoms with Crippen LogP contribution in [0.2, 0.25) is 0 Å². The summed E-state index contributed by atoms with van der Waals surface area (Å²) in [6.07, 6.45) is -11.8. The number of rotatable bonds is 3. The van der Waals surface area contributed by atoms with Crippen molar-refractivity contribution < 1.29 is 34.6 Å². The van der Waals surface area contributed by atoms with E-state index in [-0.39, 0.29) is 4.31 Å². The normalized spacial score (nSPS) is 14.9. The van der Waals surface area contributed by atoms with Crippen LogP contribution in [0.25, 0.3) is 0 Å². The largest absolute Gasteiger partial charge is 0.484 e. The van der Waals surface area contributed by atoms with Crippen LogP contribution in [0.5, 0.6) is 0 Å². The number of hydrogen-bond donors (Lipinski definition) is 0. The average Bonchev–Trinajstić information content (AvgIpc) is 1.80. The van der Waals surface area contributed by atoms with Gasteiger partial charge in [-0.2, -0.15) is 38.9 Å².